The van der Waals surface area contributed by atoms with Crippen molar-refractivity contribution in [3.63, 3.8) is 0 Å². The average Bonchev–Trinajstić information content (AvgIpc) is 3.17. The van der Waals surface area contributed by atoms with Gasteiger partial charge >= 0.3 is 0 Å². The highest BCUT2D eigenvalue weighted by Crippen LogP contribution is 2.64. The monoisotopic (exact) mass is 347 g/mol. The van der Waals surface area contributed by atoms with Crippen LogP contribution in [0.5, 0.6) is 5.75 Å². The normalized spacial score (nSPS) is 35.3. The van der Waals surface area contributed by atoms with Gasteiger partial charge in [-0.2, -0.15) is 0 Å². The number of phenolic OH excluding ortho intramolecular Hbond substituents is 1. The van der Waals surface area contributed by atoms with Crippen molar-refractivity contribution in [2.45, 2.75) is 30.4 Å². The Bertz CT molecular complexity index is 643. The van der Waals surface area contributed by atoms with E-state index in [9.17, 15) is 9.90 Å². The topological polar surface area (TPSA) is 49.3 Å². The fraction of sp³-hybridized carbons (Fsp3) is 0.500. The lowest BCUT2D eigenvalue weighted by Gasteiger charge is -2.42. The lowest BCUT2D eigenvalue weighted by molar-refractivity contribution is 0.311. The molecule has 2 N–H and O–H groups in total. The molecule has 1 heterocycles. The van der Waals surface area contributed by atoms with E-state index in [1.807, 2.05) is 30.9 Å². The number of allylic oxidation sites excluding steroid dienone is 1. The van der Waals surface area contributed by atoms with Gasteiger partial charge in [0.1, 0.15) is 5.75 Å². The fourth-order valence-electron chi connectivity index (χ4n) is 4.85. The molecule has 1 aliphatic heterocycles. The zero-order valence-corrected chi connectivity index (χ0v) is 14.7. The molecule has 0 aromatic heterocycles. The van der Waals surface area contributed by atoms with E-state index in [1.165, 1.54) is 36.6 Å². The molecule has 2 saturated carbocycles. The fourth-order valence-corrected chi connectivity index (χ4v) is 7.50. The molecular formula is C18H21NO2S2. The van der Waals surface area contributed by atoms with Crippen molar-refractivity contribution in [3.8, 4) is 5.75 Å². The maximum Gasteiger partial charge on any atom is 0.180 e. The summed E-state index contributed by atoms with van der Waals surface area (Å²) in [6.07, 6.45) is 4.02. The van der Waals surface area contributed by atoms with Gasteiger partial charge in [0.25, 0.3) is 0 Å². The SMILES string of the molecule is CNC1=C(SC=O)[C@H](c2ccc(O)cc2)[C@H]2[C@@H]3CCC(C3)[C@H]2S1. The molecule has 2 fully saturated rings. The summed E-state index contributed by atoms with van der Waals surface area (Å²) in [5.74, 6) is 2.78. The highest BCUT2D eigenvalue weighted by Gasteiger charge is 2.54. The van der Waals surface area contributed by atoms with E-state index in [-0.39, 0.29) is 5.92 Å². The molecule has 2 aliphatic carbocycles. The lowest BCUT2D eigenvalue weighted by Crippen LogP contribution is -2.36. The van der Waals surface area contributed by atoms with Crippen LogP contribution in [0.3, 0.4) is 0 Å². The van der Waals surface area contributed by atoms with Crippen molar-refractivity contribution in [2.75, 3.05) is 7.05 Å². The summed E-state index contributed by atoms with van der Waals surface area (Å²) < 4.78 is 0. The summed E-state index contributed by atoms with van der Waals surface area (Å²) in [6, 6.07) is 7.58. The molecule has 4 rings (SSSR count). The zero-order valence-electron chi connectivity index (χ0n) is 13.1. The molecule has 0 saturated heterocycles. The molecule has 122 valence electrons. The molecule has 3 aliphatic rings. The Hall–Kier alpha value is -1.07. The van der Waals surface area contributed by atoms with Crippen LogP contribution in [0.4, 0.5) is 0 Å². The first-order chi connectivity index (χ1) is 11.2. The molecule has 5 atom stereocenters. The Morgan fingerprint density at radius 3 is 2.70 bits per heavy atom. The van der Waals surface area contributed by atoms with Gasteiger partial charge in [0.2, 0.25) is 0 Å². The predicted molar refractivity (Wildman–Crippen MR) is 97.0 cm³/mol. The largest absolute Gasteiger partial charge is 0.508 e. The molecular weight excluding hydrogens is 326 g/mol. The maximum atomic E-state index is 11.3. The van der Waals surface area contributed by atoms with Gasteiger partial charge in [-0.15, -0.1) is 11.8 Å². The van der Waals surface area contributed by atoms with Crippen LogP contribution in [0.2, 0.25) is 0 Å². The Labute approximate surface area is 145 Å². The van der Waals surface area contributed by atoms with Crippen LogP contribution in [0.1, 0.15) is 30.7 Å². The molecule has 3 nitrogen and oxygen atoms in total. The van der Waals surface area contributed by atoms with Crippen molar-refractivity contribution in [3.05, 3.63) is 39.8 Å². The van der Waals surface area contributed by atoms with Gasteiger partial charge in [-0.25, -0.2) is 0 Å². The van der Waals surface area contributed by atoms with Crippen LogP contribution < -0.4 is 5.32 Å². The second-order valence-electron chi connectivity index (χ2n) is 6.72. The van der Waals surface area contributed by atoms with E-state index >= 15 is 0 Å². The first-order valence-corrected chi connectivity index (χ1v) is 9.96. The third-order valence-electron chi connectivity index (χ3n) is 5.70. The van der Waals surface area contributed by atoms with Gasteiger partial charge in [-0.05, 0) is 54.7 Å². The first-order valence-electron chi connectivity index (χ1n) is 8.20. The molecule has 0 amide bonds. The number of hydrogen-bond donors (Lipinski definition) is 2. The summed E-state index contributed by atoms with van der Waals surface area (Å²) in [7, 11) is 1.95. The van der Waals surface area contributed by atoms with Gasteiger partial charge in [0, 0.05) is 23.1 Å². The molecule has 0 radical (unpaired) electrons. The predicted octanol–water partition coefficient (Wildman–Crippen LogP) is 3.95. The second-order valence-corrected chi connectivity index (χ2v) is 8.78. The van der Waals surface area contributed by atoms with Crippen molar-refractivity contribution < 1.29 is 9.90 Å². The van der Waals surface area contributed by atoms with Gasteiger partial charge < -0.3 is 10.4 Å². The van der Waals surface area contributed by atoms with Crippen LogP contribution in [0, 0.1) is 17.8 Å². The van der Waals surface area contributed by atoms with E-state index in [0.717, 1.165) is 27.4 Å². The van der Waals surface area contributed by atoms with Crippen LogP contribution in [-0.2, 0) is 4.79 Å². The smallest absolute Gasteiger partial charge is 0.180 e. The van der Waals surface area contributed by atoms with Crippen LogP contribution in [0.15, 0.2) is 34.2 Å². The van der Waals surface area contributed by atoms with Crippen molar-refractivity contribution in [1.29, 1.82) is 0 Å². The summed E-state index contributed by atoms with van der Waals surface area (Å²) in [4.78, 5) is 12.4. The third kappa shape index (κ3) is 2.49. The van der Waals surface area contributed by atoms with Crippen molar-refractivity contribution in [2.24, 2.45) is 17.8 Å². The number of hydrogen-bond acceptors (Lipinski definition) is 5. The summed E-state index contributed by atoms with van der Waals surface area (Å²) in [5.41, 5.74) is 2.18. The lowest BCUT2D eigenvalue weighted by atomic mass is 9.75. The van der Waals surface area contributed by atoms with Gasteiger partial charge in [0.15, 0.2) is 5.62 Å². The maximum absolute atomic E-state index is 11.3. The number of nitrogens with one attached hydrogen (secondary N) is 1. The van der Waals surface area contributed by atoms with E-state index in [4.69, 9.17) is 0 Å². The molecule has 0 spiro atoms. The van der Waals surface area contributed by atoms with E-state index in [1.54, 1.807) is 12.1 Å². The molecule has 1 aromatic rings. The second kappa shape index (κ2) is 6.10. The summed E-state index contributed by atoms with van der Waals surface area (Å²) in [5, 5.41) is 14.8. The van der Waals surface area contributed by atoms with Gasteiger partial charge in [-0.3, -0.25) is 4.79 Å². The number of phenols is 1. The minimum Gasteiger partial charge on any atom is -0.508 e. The molecule has 5 heteroatoms. The average molecular weight is 348 g/mol. The van der Waals surface area contributed by atoms with Crippen molar-refractivity contribution in [1.82, 2.24) is 5.32 Å². The Morgan fingerprint density at radius 1 is 1.26 bits per heavy atom. The Balaban J connectivity index is 1.81. The van der Waals surface area contributed by atoms with E-state index in [2.05, 4.69) is 5.32 Å². The van der Waals surface area contributed by atoms with E-state index < -0.39 is 0 Å². The number of benzene rings is 1. The van der Waals surface area contributed by atoms with Crippen LogP contribution in [0.25, 0.3) is 0 Å². The first kappa shape index (κ1) is 15.5. The zero-order chi connectivity index (χ0) is 16.0. The van der Waals surface area contributed by atoms with E-state index in [0.29, 0.717) is 16.9 Å². The van der Waals surface area contributed by atoms with Crippen LogP contribution in [-0.4, -0.2) is 23.0 Å². The minimum absolute atomic E-state index is 0.273. The third-order valence-corrected chi connectivity index (χ3v) is 8.27. The molecule has 23 heavy (non-hydrogen) atoms. The summed E-state index contributed by atoms with van der Waals surface area (Å²) >= 11 is 3.28. The molecule has 1 unspecified atom stereocenters. The number of carbonyl (C=O) groups excluding carboxylic acids is 1. The number of rotatable bonds is 4. The minimum atomic E-state index is 0.273. The number of fused-ring (bicyclic) bond motifs is 5. The standard InChI is InChI=1S/C18H21NO2S2/c1-19-18-17(22-9-20)14(10-4-6-13(21)7-5-10)15-11-2-3-12(8-11)16(15)23-18/h4-7,9,11-12,14-16,19,21H,2-3,8H2,1H3/t11-,12?,14-,15-,16-/m1/s1. The number of thioether (sulfide) groups is 2. The highest BCUT2D eigenvalue weighted by atomic mass is 32.2. The quantitative estimate of drug-likeness (QED) is 0.808. The van der Waals surface area contributed by atoms with Crippen molar-refractivity contribution >= 4 is 29.1 Å². The van der Waals surface area contributed by atoms with Gasteiger partial charge in [0.05, 0.1) is 5.03 Å². The number of aromatic hydroxyl groups is 1. The highest BCUT2D eigenvalue weighted by molar-refractivity contribution is 8.16. The Kier molecular flexibility index (Phi) is 4.10. The number of carbonyl (C=O) groups is 1. The Morgan fingerprint density at radius 2 is 2.00 bits per heavy atom. The van der Waals surface area contributed by atoms with Crippen LogP contribution >= 0.6 is 23.5 Å². The molecule has 1 aromatic carbocycles. The summed E-state index contributed by atoms with van der Waals surface area (Å²) in [6.45, 7) is 0. The van der Waals surface area contributed by atoms with Gasteiger partial charge in [-0.1, -0.05) is 23.9 Å². The molecule has 2 bridgehead atoms.